The van der Waals surface area contributed by atoms with E-state index in [9.17, 15) is 2.74 Å². The Hall–Kier alpha value is -7.24. The van der Waals surface area contributed by atoms with Crippen LogP contribution in [0.15, 0.2) is 176 Å². The number of imidazole rings is 1. The number of hydrogen-bond donors (Lipinski definition) is 0. The lowest BCUT2D eigenvalue weighted by Crippen LogP contribution is -2.31. The summed E-state index contributed by atoms with van der Waals surface area (Å²) in [7, 11) is 0. The van der Waals surface area contributed by atoms with Crippen molar-refractivity contribution in [3.63, 3.8) is 0 Å². The summed E-state index contributed by atoms with van der Waals surface area (Å²) in [6, 6.07) is 34.3. The fourth-order valence-corrected chi connectivity index (χ4v) is 8.67. The summed E-state index contributed by atoms with van der Waals surface area (Å²) in [6.07, 6.45) is 6.19. The molecule has 3 aromatic heterocycles. The minimum Gasteiger partial charge on any atom is -0.458 e. The number of rotatable bonds is 9. The minimum atomic E-state index is -0.465. The van der Waals surface area contributed by atoms with Gasteiger partial charge in [0.1, 0.15) is 17.3 Å². The van der Waals surface area contributed by atoms with E-state index < -0.39 is 18.1 Å². The molecule has 65 heavy (non-hydrogen) atoms. The Labute approximate surface area is 395 Å². The molecule has 322 valence electrons. The van der Waals surface area contributed by atoms with E-state index in [1.165, 1.54) is 0 Å². The maximum atomic E-state index is 9.20. The third-order valence-corrected chi connectivity index (χ3v) is 11.9. The van der Waals surface area contributed by atoms with Crippen LogP contribution in [-0.4, -0.2) is 14.1 Å². The van der Waals surface area contributed by atoms with Gasteiger partial charge in [-0.05, 0) is 111 Å². The van der Waals surface area contributed by atoms with E-state index in [4.69, 9.17) is 19.3 Å². The second-order valence-corrected chi connectivity index (χ2v) is 19.2. The van der Waals surface area contributed by atoms with Gasteiger partial charge in [-0.2, -0.15) is 0 Å². The monoisotopic (exact) mass is 858 g/mol. The van der Waals surface area contributed by atoms with Gasteiger partial charge in [0.2, 0.25) is 0 Å². The largest absolute Gasteiger partial charge is 0.458 e. The molecule has 0 spiro atoms. The predicted octanol–water partition coefficient (Wildman–Crippen LogP) is 15.1. The fourth-order valence-electron chi connectivity index (χ4n) is 8.67. The topological polar surface area (TPSA) is 35.9 Å². The third-order valence-electron chi connectivity index (χ3n) is 11.9. The lowest BCUT2D eigenvalue weighted by atomic mass is 9.78. The van der Waals surface area contributed by atoms with Gasteiger partial charge in [0.05, 0.1) is 45.8 Å². The zero-order valence-corrected chi connectivity index (χ0v) is 38.0. The van der Waals surface area contributed by atoms with E-state index in [1.807, 2.05) is 100 Å². The van der Waals surface area contributed by atoms with Crippen LogP contribution < -0.4 is 9.30 Å². The molecule has 0 aliphatic carbocycles. The van der Waals surface area contributed by atoms with Gasteiger partial charge in [-0.15, -0.1) is 0 Å². The lowest BCUT2D eigenvalue weighted by molar-refractivity contribution is -0.571. The summed E-state index contributed by atoms with van der Waals surface area (Å²) >= 11 is 0. The summed E-state index contributed by atoms with van der Waals surface area (Å²) in [5.74, 6) is 1.88. The molecule has 0 bridgehead atoms. The number of aromatic nitrogens is 4. The number of para-hydroxylation sites is 4. The van der Waals surface area contributed by atoms with Crippen LogP contribution >= 0.6 is 0 Å². The normalized spacial score (nSPS) is 14.1. The van der Waals surface area contributed by atoms with E-state index >= 15 is 0 Å². The van der Waals surface area contributed by atoms with Gasteiger partial charge in [0.25, 0.3) is 6.33 Å². The molecule has 5 nitrogen and oxygen atoms in total. The minimum absolute atomic E-state index is 0.0808. The highest BCUT2D eigenvalue weighted by atomic mass is 16.5. The van der Waals surface area contributed by atoms with Gasteiger partial charge in [-0.25, -0.2) is 4.98 Å². The van der Waals surface area contributed by atoms with Crippen molar-refractivity contribution in [3.05, 3.63) is 199 Å². The molecule has 0 atom stereocenters. The number of nitrogens with zero attached hydrogens (tertiary/aromatic N) is 4. The summed E-state index contributed by atoms with van der Waals surface area (Å²) in [5, 5.41) is 1.02. The highest BCUT2D eigenvalue weighted by molar-refractivity contribution is 6.09. The van der Waals surface area contributed by atoms with Crippen molar-refractivity contribution >= 4 is 32.8 Å². The zero-order chi connectivity index (χ0) is 52.9. The Morgan fingerprint density at radius 3 is 2.08 bits per heavy atom. The van der Waals surface area contributed by atoms with E-state index in [2.05, 4.69) is 79.9 Å². The van der Waals surface area contributed by atoms with Crippen LogP contribution in [0.4, 0.5) is 0 Å². The smallest absolute Gasteiger partial charge is 0.269 e. The van der Waals surface area contributed by atoms with Crippen LogP contribution in [0.2, 0.25) is 0 Å². The van der Waals surface area contributed by atoms with Gasteiger partial charge in [-0.3, -0.25) is 13.7 Å². The molecular weight excluding hydrogens is 793 g/mol. The zero-order valence-electron chi connectivity index (χ0n) is 47.0. The number of fused-ring (bicyclic) bond motifs is 4. The average Bonchev–Trinajstić information content (AvgIpc) is 3.94. The van der Waals surface area contributed by atoms with Crippen LogP contribution in [0.25, 0.3) is 72.3 Å². The Bertz CT molecular complexity index is 3860. The molecule has 3 heterocycles. The Balaban J connectivity index is 1.16. The average molecular weight is 858 g/mol. The highest BCUT2D eigenvalue weighted by Crippen LogP contribution is 2.40. The Morgan fingerprint density at radius 1 is 0.631 bits per heavy atom. The van der Waals surface area contributed by atoms with Crippen LogP contribution in [-0.2, 0) is 17.3 Å². The van der Waals surface area contributed by atoms with Crippen molar-refractivity contribution in [1.29, 1.82) is 0 Å². The van der Waals surface area contributed by atoms with Crippen LogP contribution in [0, 0.1) is 12.2 Å². The van der Waals surface area contributed by atoms with Crippen molar-refractivity contribution in [2.75, 3.05) is 0 Å². The molecule has 5 heteroatoms. The van der Waals surface area contributed by atoms with Gasteiger partial charge in [-0.1, -0.05) is 170 Å². The predicted molar refractivity (Wildman–Crippen MR) is 269 cm³/mol. The highest BCUT2D eigenvalue weighted by Gasteiger charge is 2.25. The lowest BCUT2D eigenvalue weighted by Gasteiger charge is -2.27. The van der Waals surface area contributed by atoms with Crippen molar-refractivity contribution < 1.29 is 21.6 Å². The molecule has 10 aromatic rings. The summed E-state index contributed by atoms with van der Waals surface area (Å²) in [5.41, 5.74) is 8.89. The molecule has 7 aromatic carbocycles. The van der Waals surface area contributed by atoms with Crippen molar-refractivity contribution in [2.24, 2.45) is 5.92 Å². The summed E-state index contributed by atoms with van der Waals surface area (Å²) < 4.78 is 91.9. The molecule has 10 rings (SSSR count). The van der Waals surface area contributed by atoms with Gasteiger partial charge in [0.15, 0.2) is 0 Å². The van der Waals surface area contributed by atoms with Crippen molar-refractivity contribution in [2.45, 2.75) is 72.6 Å². The molecule has 0 amide bonds. The first-order valence-electron chi connectivity index (χ1n) is 26.6. The number of hydrogen-bond acceptors (Lipinski definition) is 2. The van der Waals surface area contributed by atoms with Crippen LogP contribution in [0.1, 0.15) is 84.4 Å². The maximum absolute atomic E-state index is 9.20. The SMILES string of the molecule is [2H]c1c([2H])c([2H])c(-c2cccc(-c3cc(C(C)(C)C)cc(C(C)(C)C)c3)c2-[n+]2[c-]n(-c3cccc(Oc4ccc5c6c([2H])c([2H])c([2H])c([2H])c6n(-c6cc(CC(C)C)ccn6)c5c4)c3)c3ccccc32)c([2H])c1[2H]. The maximum Gasteiger partial charge on any atom is 0.269 e. The van der Waals surface area contributed by atoms with Crippen LogP contribution in [0.3, 0.4) is 0 Å². The van der Waals surface area contributed by atoms with E-state index in [0.717, 1.165) is 45.3 Å². The molecule has 0 unspecified atom stereocenters. The molecule has 0 radical (unpaired) electrons. The summed E-state index contributed by atoms with van der Waals surface area (Å²) in [6.45, 7) is 17.4. The summed E-state index contributed by atoms with van der Waals surface area (Å²) in [4.78, 5) is 4.73. The van der Waals surface area contributed by atoms with E-state index in [0.29, 0.717) is 62.0 Å². The van der Waals surface area contributed by atoms with Gasteiger partial charge in [0, 0.05) is 23.0 Å². The molecule has 0 saturated carbocycles. The van der Waals surface area contributed by atoms with E-state index in [-0.39, 0.29) is 52.6 Å². The quantitative estimate of drug-likeness (QED) is 0.107. The number of benzene rings is 7. The molecule has 0 aliphatic rings. The Morgan fingerprint density at radius 2 is 1.32 bits per heavy atom. The first kappa shape index (κ1) is 32.4. The van der Waals surface area contributed by atoms with E-state index in [1.54, 1.807) is 16.8 Å². The second-order valence-electron chi connectivity index (χ2n) is 19.2. The Kier molecular flexibility index (Phi) is 8.18. The number of ether oxygens (including phenoxy) is 1. The first-order chi connectivity index (χ1) is 35.0. The molecule has 0 N–H and O–H groups in total. The fraction of sp³-hybridized carbons (Fsp3) is 0.200. The van der Waals surface area contributed by atoms with Gasteiger partial charge >= 0.3 is 0 Å². The third kappa shape index (κ3) is 8.01. The van der Waals surface area contributed by atoms with Crippen molar-refractivity contribution in [1.82, 2.24) is 14.1 Å². The molecular formula is C60H56N4O. The molecule has 0 aliphatic heterocycles. The number of pyridine rings is 1. The standard InChI is InChI=1S/C60H56N4O/c1-40(2)32-41-30-31-61-57(33-41)64-53-25-13-12-22-51(53)52-29-28-48(38-56(52)64)65-47-21-16-20-46(37-47)62-39-63(55-27-15-14-26-54(55)62)58-49(42-18-10-9-11-19-42)23-17-24-50(58)43-34-44(59(3,4)5)36-45(35-43)60(6,7)8/h9-31,33-38,40H,32H2,1-8H3/i9D,10D,11D,12D,13D,18D,19D,22D,25D. The van der Waals surface area contributed by atoms with Crippen molar-refractivity contribution in [3.8, 4) is 50.9 Å². The van der Waals surface area contributed by atoms with Gasteiger partial charge < -0.3 is 4.74 Å². The molecule has 0 saturated heterocycles. The molecule has 0 fully saturated rings. The van der Waals surface area contributed by atoms with Crippen LogP contribution in [0.5, 0.6) is 11.5 Å². The first-order valence-corrected chi connectivity index (χ1v) is 22.1. The second kappa shape index (κ2) is 16.4.